The van der Waals surface area contributed by atoms with E-state index in [-0.39, 0.29) is 0 Å². The lowest BCUT2D eigenvalue weighted by Gasteiger charge is -2.47. The lowest BCUT2D eigenvalue weighted by molar-refractivity contribution is -0.374. The molecule has 6 heterocycles. The number of aliphatic hydroxyl groups is 24. The molecule has 34 unspecified atom stereocenters. The van der Waals surface area contributed by atoms with Crippen LogP contribution < -0.4 is 0 Å². The largest absolute Gasteiger partial charge is 0.394 e. The normalized spacial score (nSPS) is 49.2. The van der Waals surface area contributed by atoms with Gasteiger partial charge in [0, 0.05) is 0 Å². The molecule has 36 nitrogen and oxygen atoms in total. The molecule has 36 heteroatoms. The van der Waals surface area contributed by atoms with E-state index in [1.807, 2.05) is 0 Å². The van der Waals surface area contributed by atoms with Crippen molar-refractivity contribution in [2.45, 2.75) is 209 Å². The van der Waals surface area contributed by atoms with Crippen molar-refractivity contribution in [3.05, 3.63) is 0 Å². The molecule has 34 atom stereocenters. The summed E-state index contributed by atoms with van der Waals surface area (Å²) in [5.41, 5.74) is 0. The molecule has 0 bridgehead atoms. The van der Waals surface area contributed by atoms with Crippen molar-refractivity contribution in [1.29, 1.82) is 0 Å². The Morgan fingerprint density at radius 3 is 0.897 bits per heavy atom. The maximum atomic E-state index is 11.5. The first kappa shape index (κ1) is 65.7. The molecule has 78 heavy (non-hydrogen) atoms. The third-order valence-corrected chi connectivity index (χ3v) is 14.1. The summed E-state index contributed by atoms with van der Waals surface area (Å²) < 4.78 is 66.7. The van der Waals surface area contributed by atoms with Crippen LogP contribution in [0.3, 0.4) is 0 Å². The van der Waals surface area contributed by atoms with Crippen LogP contribution in [-0.4, -0.2) is 384 Å². The molecule has 24 N–H and O–H groups in total. The van der Waals surface area contributed by atoms with Crippen molar-refractivity contribution >= 4 is 0 Å². The highest BCUT2D eigenvalue weighted by Gasteiger charge is 2.55. The second-order valence-electron chi connectivity index (χ2n) is 19.5. The van der Waals surface area contributed by atoms with Gasteiger partial charge in [0.25, 0.3) is 0 Å². The van der Waals surface area contributed by atoms with Crippen LogP contribution in [0.2, 0.25) is 0 Å². The van der Waals surface area contributed by atoms with E-state index in [1.54, 1.807) is 0 Å². The zero-order chi connectivity index (χ0) is 57.8. The molecule has 6 rings (SSSR count). The Labute approximate surface area is 440 Å². The maximum Gasteiger partial charge on any atom is 0.187 e. The third-order valence-electron chi connectivity index (χ3n) is 14.1. The Morgan fingerprint density at radius 2 is 0.551 bits per heavy atom. The second-order valence-corrected chi connectivity index (χ2v) is 19.5. The average Bonchev–Trinajstić information content (AvgIpc) is 3.44. The van der Waals surface area contributed by atoms with E-state index in [0.29, 0.717) is 0 Å². The van der Waals surface area contributed by atoms with Crippen LogP contribution in [0, 0.1) is 0 Å². The standard InChI is InChI=1S/C42H74O36/c43-1-9(47)17(49)18(50)10(48)5-67-39-33(65)35(77-41-31(63)26(58)20(52)12(3-45)72-41)23(55)15(75-39)8-69-38-30(62)28(60)22(54)14(74-38)6-70-40-34(66)36(78-42-32(64)27(59)21(53)13(4-46)73-42)24(56)16(76-40)7-68-37-29(61)25(57)19(51)11(2-44)71-37/h9-66H,1-8H2. The fourth-order valence-electron chi connectivity index (χ4n) is 9.17. The lowest BCUT2D eigenvalue weighted by Crippen LogP contribution is -2.66. The van der Waals surface area contributed by atoms with Crippen molar-refractivity contribution < 1.29 is 179 Å². The molecular formula is C42H74O36. The Kier molecular flexibility index (Phi) is 24.3. The smallest absolute Gasteiger partial charge is 0.187 e. The predicted octanol–water partition coefficient (Wildman–Crippen LogP) is -16.6. The Balaban J connectivity index is 1.17. The van der Waals surface area contributed by atoms with Crippen molar-refractivity contribution in [3.63, 3.8) is 0 Å². The van der Waals surface area contributed by atoms with E-state index in [2.05, 4.69) is 0 Å². The molecule has 0 aromatic rings. The van der Waals surface area contributed by atoms with Gasteiger partial charge in [-0.3, -0.25) is 0 Å². The first-order valence-corrected chi connectivity index (χ1v) is 24.6. The number of hydrogen-bond donors (Lipinski definition) is 24. The average molecular weight is 1160 g/mol. The van der Waals surface area contributed by atoms with E-state index in [0.717, 1.165) is 0 Å². The Bertz CT molecular complexity index is 1760. The van der Waals surface area contributed by atoms with Gasteiger partial charge in [-0.25, -0.2) is 0 Å². The summed E-state index contributed by atoms with van der Waals surface area (Å²) >= 11 is 0. The van der Waals surface area contributed by atoms with E-state index < -0.39 is 262 Å². The third kappa shape index (κ3) is 14.5. The molecule has 0 amide bonds. The number of aliphatic hydroxyl groups excluding tert-OH is 24. The topological polar surface area (TPSA) is 596 Å². The minimum absolute atomic E-state index is 0.858. The van der Waals surface area contributed by atoms with Crippen LogP contribution in [0.4, 0.5) is 0 Å². The van der Waals surface area contributed by atoms with Crippen LogP contribution >= 0.6 is 0 Å². The first-order chi connectivity index (χ1) is 36.8. The van der Waals surface area contributed by atoms with Gasteiger partial charge in [0.15, 0.2) is 37.7 Å². The van der Waals surface area contributed by atoms with Gasteiger partial charge < -0.3 is 179 Å². The van der Waals surface area contributed by atoms with Crippen LogP contribution in [0.1, 0.15) is 0 Å². The van der Waals surface area contributed by atoms with Crippen molar-refractivity contribution in [1.82, 2.24) is 0 Å². The molecule has 6 fully saturated rings. The lowest BCUT2D eigenvalue weighted by atomic mass is 9.96. The predicted molar refractivity (Wildman–Crippen MR) is 234 cm³/mol. The number of rotatable bonds is 23. The van der Waals surface area contributed by atoms with Crippen LogP contribution in [-0.2, 0) is 56.8 Å². The fraction of sp³-hybridized carbons (Fsp3) is 1.00. The zero-order valence-corrected chi connectivity index (χ0v) is 40.9. The van der Waals surface area contributed by atoms with Gasteiger partial charge in [0.1, 0.15) is 171 Å². The van der Waals surface area contributed by atoms with Crippen molar-refractivity contribution in [2.24, 2.45) is 0 Å². The molecule has 6 aliphatic rings. The highest BCUT2D eigenvalue weighted by atomic mass is 16.8. The van der Waals surface area contributed by atoms with Gasteiger partial charge in [0.05, 0.1) is 52.9 Å². The van der Waals surface area contributed by atoms with Gasteiger partial charge in [0.2, 0.25) is 0 Å². The molecule has 0 aromatic heterocycles. The summed E-state index contributed by atoms with van der Waals surface area (Å²) in [6, 6.07) is 0. The summed E-state index contributed by atoms with van der Waals surface area (Å²) in [4.78, 5) is 0. The van der Waals surface area contributed by atoms with Crippen LogP contribution in [0.15, 0.2) is 0 Å². The Morgan fingerprint density at radius 1 is 0.282 bits per heavy atom. The fourth-order valence-corrected chi connectivity index (χ4v) is 9.17. The molecule has 6 saturated heterocycles. The van der Waals surface area contributed by atoms with Crippen molar-refractivity contribution in [2.75, 3.05) is 52.9 Å². The molecular weight excluding hydrogens is 1080 g/mol. The summed E-state index contributed by atoms with van der Waals surface area (Å²) in [6.45, 7) is -7.56. The minimum atomic E-state index is -2.19. The van der Waals surface area contributed by atoms with E-state index in [4.69, 9.17) is 61.9 Å². The molecule has 0 aliphatic carbocycles. The van der Waals surface area contributed by atoms with E-state index in [1.165, 1.54) is 0 Å². The Hall–Kier alpha value is -1.44. The zero-order valence-electron chi connectivity index (χ0n) is 40.9. The first-order valence-electron chi connectivity index (χ1n) is 24.6. The second kappa shape index (κ2) is 28.9. The van der Waals surface area contributed by atoms with Crippen LogP contribution in [0.25, 0.3) is 0 Å². The van der Waals surface area contributed by atoms with Gasteiger partial charge in [-0.2, -0.15) is 0 Å². The molecule has 6 aliphatic heterocycles. The van der Waals surface area contributed by atoms with Gasteiger partial charge in [-0.05, 0) is 0 Å². The molecule has 0 spiro atoms. The molecule has 0 aromatic carbocycles. The molecule has 458 valence electrons. The highest BCUT2D eigenvalue weighted by molar-refractivity contribution is 4.98. The summed E-state index contributed by atoms with van der Waals surface area (Å²) in [5.74, 6) is 0. The monoisotopic (exact) mass is 1150 g/mol. The van der Waals surface area contributed by atoms with E-state index in [9.17, 15) is 117 Å². The van der Waals surface area contributed by atoms with Gasteiger partial charge >= 0.3 is 0 Å². The van der Waals surface area contributed by atoms with Crippen LogP contribution in [0.5, 0.6) is 0 Å². The highest BCUT2D eigenvalue weighted by Crippen LogP contribution is 2.34. The molecule has 0 radical (unpaired) electrons. The van der Waals surface area contributed by atoms with E-state index >= 15 is 0 Å². The van der Waals surface area contributed by atoms with Gasteiger partial charge in [-0.15, -0.1) is 0 Å². The number of ether oxygens (including phenoxy) is 12. The molecule has 0 saturated carbocycles. The van der Waals surface area contributed by atoms with Crippen molar-refractivity contribution in [3.8, 4) is 0 Å². The summed E-state index contributed by atoms with van der Waals surface area (Å²) in [7, 11) is 0. The number of hydrogen-bond acceptors (Lipinski definition) is 36. The quantitative estimate of drug-likeness (QED) is 0.0452. The SMILES string of the molecule is OCC(O)C(O)C(O)C(O)COC1OC(COC2OC(COC3OC(COC4OC(CO)C(O)C(O)C4O)C(O)C(OC4OC(CO)C(O)C(O)C4O)C3O)C(O)C(O)C2O)C(O)C(OC2OC(CO)C(O)C(O)C2O)C1O. The summed E-state index contributed by atoms with van der Waals surface area (Å²) in [5, 5.41) is 251. The van der Waals surface area contributed by atoms with Gasteiger partial charge in [-0.1, -0.05) is 0 Å². The maximum absolute atomic E-state index is 11.5. The minimum Gasteiger partial charge on any atom is -0.394 e. The summed E-state index contributed by atoms with van der Waals surface area (Å²) in [6.07, 6.45) is -66.8.